The van der Waals surface area contributed by atoms with Gasteiger partial charge in [-0.2, -0.15) is 0 Å². The number of halogens is 1. The van der Waals surface area contributed by atoms with Crippen LogP contribution >= 0.6 is 12.4 Å². The number of benzene rings is 1. The van der Waals surface area contributed by atoms with Crippen LogP contribution in [0.15, 0.2) is 30.4 Å². The Kier molecular flexibility index (Phi) is 2.80. The lowest BCUT2D eigenvalue weighted by Crippen LogP contribution is -2.29. The Morgan fingerprint density at radius 2 is 1.83 bits per heavy atom. The summed E-state index contributed by atoms with van der Waals surface area (Å²) in [6.45, 7) is 0. The van der Waals surface area contributed by atoms with Crippen LogP contribution in [0.3, 0.4) is 0 Å². The summed E-state index contributed by atoms with van der Waals surface area (Å²) >= 11 is 0. The highest BCUT2D eigenvalue weighted by Crippen LogP contribution is 2.23. The molecule has 0 fully saturated rings. The van der Waals surface area contributed by atoms with Crippen LogP contribution in [0.2, 0.25) is 0 Å². The molecule has 0 spiro atoms. The van der Waals surface area contributed by atoms with Gasteiger partial charge in [0.05, 0.1) is 16.7 Å². The Balaban J connectivity index is 0.00000120. The molecule has 2 amide bonds. The van der Waals surface area contributed by atoms with E-state index in [0.717, 1.165) is 4.90 Å². The Morgan fingerprint density at radius 3 is 2.50 bits per heavy atom. The molecule has 3 rings (SSSR count). The van der Waals surface area contributed by atoms with Crippen LogP contribution in [0.5, 0.6) is 0 Å². The second kappa shape index (κ2) is 4.15. The lowest BCUT2D eigenvalue weighted by Gasteiger charge is -2.13. The summed E-state index contributed by atoms with van der Waals surface area (Å²) in [5.41, 5.74) is 7.40. The molecule has 0 saturated carbocycles. The van der Waals surface area contributed by atoms with Gasteiger partial charge in [0.25, 0.3) is 11.8 Å². The first-order valence-corrected chi connectivity index (χ1v) is 4.96. The van der Waals surface area contributed by atoms with Crippen LogP contribution in [-0.2, 0) is 9.59 Å². The summed E-state index contributed by atoms with van der Waals surface area (Å²) in [4.78, 5) is 31.0. The molecule has 0 saturated heterocycles. The van der Waals surface area contributed by atoms with Gasteiger partial charge in [-0.1, -0.05) is 0 Å². The van der Waals surface area contributed by atoms with Crippen molar-refractivity contribution in [1.82, 2.24) is 9.97 Å². The predicted molar refractivity (Wildman–Crippen MR) is 69.4 cm³/mol. The molecule has 1 aliphatic rings. The number of nitrogen functional groups attached to an aromatic ring is 1. The van der Waals surface area contributed by atoms with Gasteiger partial charge in [-0.05, 0) is 18.2 Å². The van der Waals surface area contributed by atoms with Gasteiger partial charge in [-0.25, -0.2) is 9.88 Å². The minimum atomic E-state index is -0.346. The molecule has 0 unspecified atom stereocenters. The fraction of sp³-hybridized carbons (Fsp3) is 0. The van der Waals surface area contributed by atoms with Gasteiger partial charge in [0, 0.05) is 12.2 Å². The van der Waals surface area contributed by atoms with Gasteiger partial charge in [-0.3, -0.25) is 9.59 Å². The van der Waals surface area contributed by atoms with Crippen LogP contribution in [-0.4, -0.2) is 21.8 Å². The van der Waals surface area contributed by atoms with Gasteiger partial charge in [0.15, 0.2) is 5.95 Å². The third kappa shape index (κ3) is 1.72. The number of hydrogen-bond acceptors (Lipinski definition) is 4. The van der Waals surface area contributed by atoms with E-state index >= 15 is 0 Å². The van der Waals surface area contributed by atoms with Gasteiger partial charge < -0.3 is 10.7 Å². The summed E-state index contributed by atoms with van der Waals surface area (Å²) in [5, 5.41) is 0. The monoisotopic (exact) mass is 264 g/mol. The molecule has 0 bridgehead atoms. The summed E-state index contributed by atoms with van der Waals surface area (Å²) in [5.74, 6) is -0.391. The second-order valence-corrected chi connectivity index (χ2v) is 3.67. The van der Waals surface area contributed by atoms with Crippen molar-refractivity contribution in [3.8, 4) is 0 Å². The van der Waals surface area contributed by atoms with E-state index in [-0.39, 0.29) is 24.2 Å². The number of carbonyl (C=O) groups is 2. The number of hydrogen-bond donors (Lipinski definition) is 2. The maximum atomic E-state index is 11.5. The molecular formula is C11H9ClN4O2. The molecule has 3 N–H and O–H groups in total. The minimum absolute atomic E-state index is 0. The first-order valence-electron chi connectivity index (χ1n) is 4.96. The van der Waals surface area contributed by atoms with E-state index in [9.17, 15) is 9.59 Å². The lowest BCUT2D eigenvalue weighted by atomic mass is 10.2. The number of nitrogens with zero attached hydrogens (tertiary/aromatic N) is 2. The Hall–Kier alpha value is -2.34. The zero-order chi connectivity index (χ0) is 12.0. The van der Waals surface area contributed by atoms with Gasteiger partial charge >= 0.3 is 0 Å². The second-order valence-electron chi connectivity index (χ2n) is 3.67. The van der Waals surface area contributed by atoms with Crippen molar-refractivity contribution < 1.29 is 9.59 Å². The highest BCUT2D eigenvalue weighted by atomic mass is 35.5. The highest BCUT2D eigenvalue weighted by Gasteiger charge is 2.25. The standard InChI is InChI=1S/C11H8N4O2.ClH/c12-11-13-7-2-1-6(5-8(7)14-11)15-9(16)3-4-10(15)17;/h1-5H,(H3,12,13,14);1H. The highest BCUT2D eigenvalue weighted by molar-refractivity contribution is 6.28. The maximum Gasteiger partial charge on any atom is 0.258 e. The van der Waals surface area contributed by atoms with E-state index in [4.69, 9.17) is 5.73 Å². The van der Waals surface area contributed by atoms with E-state index in [0.29, 0.717) is 22.7 Å². The van der Waals surface area contributed by atoms with Gasteiger partial charge in [0.1, 0.15) is 0 Å². The van der Waals surface area contributed by atoms with Crippen molar-refractivity contribution in [2.45, 2.75) is 0 Å². The molecule has 1 aromatic carbocycles. The number of nitrogens with two attached hydrogens (primary N) is 1. The van der Waals surface area contributed by atoms with Gasteiger partial charge in [-0.15, -0.1) is 12.4 Å². The number of aromatic nitrogens is 2. The van der Waals surface area contributed by atoms with Gasteiger partial charge in [0.2, 0.25) is 0 Å². The number of aromatic amines is 1. The topological polar surface area (TPSA) is 92.1 Å². The largest absolute Gasteiger partial charge is 0.369 e. The number of H-pyrrole nitrogens is 1. The number of imide groups is 1. The van der Waals surface area contributed by atoms with Crippen LogP contribution < -0.4 is 10.6 Å². The number of amides is 2. The number of fused-ring (bicyclic) bond motifs is 1. The Morgan fingerprint density at radius 1 is 1.17 bits per heavy atom. The minimum Gasteiger partial charge on any atom is -0.369 e. The average molecular weight is 265 g/mol. The molecule has 1 aliphatic heterocycles. The molecule has 0 aliphatic carbocycles. The summed E-state index contributed by atoms with van der Waals surface area (Å²) < 4.78 is 0. The zero-order valence-corrected chi connectivity index (χ0v) is 9.90. The number of rotatable bonds is 1. The maximum absolute atomic E-state index is 11.5. The molecule has 1 aromatic heterocycles. The summed E-state index contributed by atoms with van der Waals surface area (Å²) in [6, 6.07) is 5.03. The molecule has 0 radical (unpaired) electrons. The van der Waals surface area contributed by atoms with E-state index in [2.05, 4.69) is 9.97 Å². The third-order valence-electron chi connectivity index (χ3n) is 2.55. The van der Waals surface area contributed by atoms with E-state index in [1.165, 1.54) is 12.2 Å². The van der Waals surface area contributed by atoms with Crippen molar-refractivity contribution in [2.24, 2.45) is 0 Å². The van der Waals surface area contributed by atoms with Crippen molar-refractivity contribution >= 4 is 46.9 Å². The molecule has 2 heterocycles. The Bertz CT molecular complexity index is 659. The first kappa shape index (κ1) is 12.1. The SMILES string of the molecule is Cl.Nc1nc2ccc(N3C(=O)C=CC3=O)cc2[nH]1. The molecule has 6 nitrogen and oxygen atoms in total. The fourth-order valence-corrected chi connectivity index (χ4v) is 1.81. The van der Waals surface area contributed by atoms with Crippen molar-refractivity contribution in [2.75, 3.05) is 10.6 Å². The van der Waals surface area contributed by atoms with Crippen molar-refractivity contribution in [3.63, 3.8) is 0 Å². The molecule has 18 heavy (non-hydrogen) atoms. The smallest absolute Gasteiger partial charge is 0.258 e. The quantitative estimate of drug-likeness (QED) is 0.752. The van der Waals surface area contributed by atoms with E-state index < -0.39 is 0 Å². The van der Waals surface area contributed by atoms with Crippen molar-refractivity contribution in [3.05, 3.63) is 30.4 Å². The molecule has 0 atom stereocenters. The number of nitrogens with one attached hydrogen (secondary N) is 1. The summed E-state index contributed by atoms with van der Waals surface area (Å²) in [7, 11) is 0. The van der Waals surface area contributed by atoms with Crippen LogP contribution in [0, 0.1) is 0 Å². The fourth-order valence-electron chi connectivity index (χ4n) is 1.81. The Labute approximate surface area is 108 Å². The predicted octanol–water partition coefficient (Wildman–Crippen LogP) is 0.996. The normalized spacial score (nSPS) is 14.3. The van der Waals surface area contributed by atoms with E-state index in [1.54, 1.807) is 18.2 Å². The van der Waals surface area contributed by atoms with E-state index in [1.807, 2.05) is 0 Å². The number of carbonyl (C=O) groups excluding carboxylic acids is 2. The zero-order valence-electron chi connectivity index (χ0n) is 9.08. The molecule has 2 aromatic rings. The van der Waals surface area contributed by atoms with Crippen LogP contribution in [0.1, 0.15) is 0 Å². The van der Waals surface area contributed by atoms with Crippen LogP contribution in [0.4, 0.5) is 11.6 Å². The molecule has 92 valence electrons. The first-order chi connectivity index (χ1) is 8.15. The average Bonchev–Trinajstić information content (AvgIpc) is 2.80. The van der Waals surface area contributed by atoms with Crippen LogP contribution in [0.25, 0.3) is 11.0 Å². The molecule has 7 heteroatoms. The number of imidazole rings is 1. The number of anilines is 2. The lowest BCUT2D eigenvalue weighted by molar-refractivity contribution is -0.119. The molecular weight excluding hydrogens is 256 g/mol. The summed E-state index contributed by atoms with van der Waals surface area (Å²) in [6.07, 6.45) is 2.49. The third-order valence-corrected chi connectivity index (χ3v) is 2.55. The van der Waals surface area contributed by atoms with Crippen molar-refractivity contribution in [1.29, 1.82) is 0 Å².